The number of sulfonamides is 1. The number of hydrogen-bond donors (Lipinski definition) is 2. The second kappa shape index (κ2) is 5.95. The van der Waals surface area contributed by atoms with Gasteiger partial charge in [0, 0.05) is 23.6 Å². The first-order chi connectivity index (χ1) is 11.5. The lowest BCUT2D eigenvalue weighted by Crippen LogP contribution is -2.20. The lowest BCUT2D eigenvalue weighted by molar-refractivity contribution is 0.414. The monoisotopic (exact) mass is 300 g/mol. The lowest BCUT2D eigenvalue weighted by Gasteiger charge is -2.08. The smallest absolute Gasteiger partial charge is 0.215 e. The Hall–Kier alpha value is -1.37. The van der Waals surface area contributed by atoms with Gasteiger partial charge in [0.25, 0.3) is 0 Å². The summed E-state index contributed by atoms with van der Waals surface area (Å²) >= 11 is 0. The Morgan fingerprint density at radius 3 is 2.90 bits per heavy atom. The van der Waals surface area contributed by atoms with Gasteiger partial charge in [-0.15, -0.1) is 0 Å². The molecule has 0 spiro atoms. The molecule has 20 heavy (non-hydrogen) atoms. The number of aromatic amines is 1. The zero-order valence-electron chi connectivity index (χ0n) is 16.8. The van der Waals surface area contributed by atoms with Crippen LogP contribution < -0.4 is 4.72 Å². The molecule has 1 aromatic heterocycles. The zero-order chi connectivity index (χ0) is 19.1. The molecule has 0 aliphatic rings. The largest absolute Gasteiger partial charge is 0.361 e. The molecule has 110 valence electrons. The molecule has 2 N–H and O–H groups in total. The highest BCUT2D eigenvalue weighted by Crippen LogP contribution is 2.21. The molecule has 0 radical (unpaired) electrons. The quantitative estimate of drug-likeness (QED) is 0.845. The van der Waals surface area contributed by atoms with E-state index in [4.69, 9.17) is 6.94 Å². The summed E-state index contributed by atoms with van der Waals surface area (Å²) < 4.78 is 64.2. The minimum Gasteiger partial charge on any atom is -0.361 e. The summed E-state index contributed by atoms with van der Waals surface area (Å²) in [7, 11) is 0.843. The molecular weight excluding hydrogens is 274 g/mol. The fraction of sp³-hybridized carbons (Fsp3) is 0.429. The molecule has 0 bridgehead atoms. The van der Waals surface area contributed by atoms with Crippen molar-refractivity contribution in [3.63, 3.8) is 0 Å². The predicted molar refractivity (Wildman–Crippen MR) is 82.2 cm³/mol. The maximum atomic E-state index is 12.0. The predicted octanol–water partition coefficient (Wildman–Crippen LogP) is 1.32. The molecule has 0 saturated heterocycles. The topological polar surface area (TPSA) is 65.2 Å². The van der Waals surface area contributed by atoms with E-state index in [1.165, 1.54) is 6.20 Å². The first-order valence-corrected chi connectivity index (χ1v) is 7.80. The van der Waals surface area contributed by atoms with Crippen LogP contribution in [0.25, 0.3) is 10.9 Å². The van der Waals surface area contributed by atoms with Crippen molar-refractivity contribution in [3.8, 4) is 0 Å². The van der Waals surface area contributed by atoms with Crippen molar-refractivity contribution in [1.29, 1.82) is 0 Å². The van der Waals surface area contributed by atoms with Crippen LogP contribution in [0.2, 0.25) is 2.82 Å². The number of nitrogens with zero attached hydrogens (tertiary/aromatic N) is 1. The molecule has 0 aliphatic carbocycles. The van der Waals surface area contributed by atoms with Crippen LogP contribution in [0.4, 0.5) is 0 Å². The van der Waals surface area contributed by atoms with E-state index in [2.05, 4.69) is 0 Å². The molecule has 0 unspecified atom stereocenters. The molecule has 5 nitrogen and oxygen atoms in total. The number of fused-ring (bicyclic) bond motifs is 1. The van der Waals surface area contributed by atoms with E-state index in [1.807, 2.05) is 19.0 Å². The number of aromatic nitrogens is 1. The number of likely N-dealkylation sites (N-methyl/N-ethyl adjacent to an activating group) is 1. The Morgan fingerprint density at radius 1 is 1.50 bits per heavy atom. The number of hydrogen-bond acceptors (Lipinski definition) is 3. The molecule has 6 heteroatoms. The van der Waals surface area contributed by atoms with Crippen molar-refractivity contribution in [2.75, 3.05) is 27.7 Å². The molecule has 1 aromatic carbocycles. The third-order valence-electron chi connectivity index (χ3n) is 2.95. The molecule has 2 aromatic rings. The molecule has 0 aliphatic heterocycles. The van der Waals surface area contributed by atoms with E-state index in [-0.39, 0.29) is 23.2 Å². The Bertz CT molecular complexity index is 909. The average Bonchev–Trinajstić information content (AvgIpc) is 2.84. The van der Waals surface area contributed by atoms with E-state index in [0.717, 1.165) is 12.0 Å². The van der Waals surface area contributed by atoms with Gasteiger partial charge in [-0.3, -0.25) is 0 Å². The van der Waals surface area contributed by atoms with Crippen molar-refractivity contribution < 1.29 is 15.4 Å². The van der Waals surface area contributed by atoms with Crippen molar-refractivity contribution in [1.82, 2.24) is 14.6 Å². The molecular formula is C14H21N3O2S. The first kappa shape index (κ1) is 9.55. The molecule has 0 fully saturated rings. The SMILES string of the molecule is [2H]c1c(CS(=O)(=O)N([2H])C)c([2H])c2c(CCN(C)C)cn([2H])c2c1[2H]. The van der Waals surface area contributed by atoms with Gasteiger partial charge in [0.05, 0.1) is 9.87 Å². The Kier molecular flexibility index (Phi) is 2.84. The summed E-state index contributed by atoms with van der Waals surface area (Å²) in [4.78, 5) is 2.91. The summed E-state index contributed by atoms with van der Waals surface area (Å²) in [6, 6.07) is -0.843. The number of benzene rings is 1. The van der Waals surface area contributed by atoms with Crippen LogP contribution in [0.15, 0.2) is 24.3 Å². The van der Waals surface area contributed by atoms with Crippen LogP contribution >= 0.6 is 0 Å². The van der Waals surface area contributed by atoms with Gasteiger partial charge in [-0.1, -0.05) is 6.04 Å². The highest BCUT2D eigenvalue weighted by molar-refractivity contribution is 7.88. The molecule has 0 amide bonds. The van der Waals surface area contributed by atoms with Gasteiger partial charge in [-0.25, -0.2) is 13.1 Å². The van der Waals surface area contributed by atoms with E-state index < -0.39 is 21.8 Å². The Labute approximate surface area is 127 Å². The van der Waals surface area contributed by atoms with Crippen molar-refractivity contribution in [3.05, 3.63) is 35.5 Å². The third-order valence-corrected chi connectivity index (χ3v) is 4.16. The van der Waals surface area contributed by atoms with Gasteiger partial charge in [0.2, 0.25) is 10.0 Å². The standard InChI is InChI=1S/C14H21N3O2S/c1-15-20(18,19)10-11-4-5-14-13(8-11)12(9-16-14)6-7-17(2)3/h4-5,8-9,15-16H,6-7,10H2,1-3H3/i4D,5D,8D/hD2. The summed E-state index contributed by atoms with van der Waals surface area (Å²) in [6.07, 6.45) is 2.03. The molecule has 1 heterocycles. The second-order valence-corrected chi connectivity index (χ2v) is 6.64. The highest BCUT2D eigenvalue weighted by atomic mass is 32.2. The minimum atomic E-state index is -4.00. The summed E-state index contributed by atoms with van der Waals surface area (Å²) in [5, 5.41) is 0.329. The van der Waals surface area contributed by atoms with Gasteiger partial charge in [0.1, 0.15) is 1.41 Å². The summed E-state index contributed by atoms with van der Waals surface area (Å²) in [5.41, 5.74) is 0.674. The average molecular weight is 300 g/mol. The van der Waals surface area contributed by atoms with Gasteiger partial charge in [0.15, 0.2) is 1.41 Å². The van der Waals surface area contributed by atoms with E-state index in [1.54, 1.807) is 0 Å². The van der Waals surface area contributed by atoms with Gasteiger partial charge >= 0.3 is 0 Å². The third kappa shape index (κ3) is 3.59. The van der Waals surface area contributed by atoms with Crippen LogP contribution in [0.3, 0.4) is 0 Å². The highest BCUT2D eigenvalue weighted by Gasteiger charge is 2.11. The van der Waals surface area contributed by atoms with Crippen LogP contribution in [0.1, 0.15) is 15.2 Å². The molecule has 2 rings (SSSR count). The molecule has 0 saturated carbocycles. The maximum absolute atomic E-state index is 12.0. The second-order valence-electron chi connectivity index (χ2n) is 4.82. The van der Waals surface area contributed by atoms with Crippen LogP contribution in [-0.2, 0) is 22.2 Å². The van der Waals surface area contributed by atoms with Crippen molar-refractivity contribution in [2.24, 2.45) is 0 Å². The summed E-state index contributed by atoms with van der Waals surface area (Å²) in [6.45, 7) is 0.664. The number of rotatable bonds is 6. The number of H-pyrrole nitrogens is 1. The van der Waals surface area contributed by atoms with Crippen LogP contribution in [0, 0.1) is 0 Å². The number of nitrogens with one attached hydrogen (secondary N) is 2. The van der Waals surface area contributed by atoms with Crippen LogP contribution in [0.5, 0.6) is 0 Å². The Morgan fingerprint density at radius 2 is 2.25 bits per heavy atom. The molecule has 0 atom stereocenters. The Balaban J connectivity index is 2.71. The van der Waals surface area contributed by atoms with Gasteiger partial charge in [-0.05, 0) is 50.8 Å². The maximum Gasteiger partial charge on any atom is 0.215 e. The summed E-state index contributed by atoms with van der Waals surface area (Å²) in [5.74, 6) is -0.692. The van der Waals surface area contributed by atoms with Gasteiger partial charge < -0.3 is 9.88 Å². The zero-order valence-corrected chi connectivity index (χ0v) is 12.6. The minimum absolute atomic E-state index is 0.117. The fourth-order valence-corrected chi connectivity index (χ4v) is 2.47. The van der Waals surface area contributed by atoms with E-state index >= 15 is 0 Å². The van der Waals surface area contributed by atoms with Gasteiger partial charge in [-0.2, -0.15) is 0 Å². The first-order valence-electron chi connectivity index (χ1n) is 8.58. The van der Waals surface area contributed by atoms with Crippen LogP contribution in [-0.4, -0.2) is 46.0 Å². The van der Waals surface area contributed by atoms with E-state index in [0.29, 0.717) is 28.6 Å². The van der Waals surface area contributed by atoms with Crippen molar-refractivity contribution >= 4 is 20.9 Å². The normalized spacial score (nSPS) is 16.1. The van der Waals surface area contributed by atoms with E-state index in [9.17, 15) is 8.42 Å². The fourth-order valence-electron chi connectivity index (χ4n) is 1.83. The van der Waals surface area contributed by atoms with Crippen molar-refractivity contribution in [2.45, 2.75) is 12.2 Å². The lowest BCUT2D eigenvalue weighted by atomic mass is 10.1.